The number of aromatic amines is 1. The van der Waals surface area contributed by atoms with Gasteiger partial charge in [0.05, 0.1) is 21.2 Å². The van der Waals surface area contributed by atoms with Gasteiger partial charge in [-0.1, -0.05) is 11.6 Å². The number of benzene rings is 1. The highest BCUT2D eigenvalue weighted by Gasteiger charge is 2.22. The first-order valence-corrected chi connectivity index (χ1v) is 9.58. The molecule has 2 rings (SSSR count). The zero-order valence-electron chi connectivity index (χ0n) is 14.8. The third-order valence-electron chi connectivity index (χ3n) is 3.89. The van der Waals surface area contributed by atoms with Gasteiger partial charge in [-0.05, 0) is 44.5 Å². The summed E-state index contributed by atoms with van der Waals surface area (Å²) in [6.45, 7) is 4.04. The normalized spacial score (nSPS) is 11.3. The zero-order chi connectivity index (χ0) is 20.5. The van der Waals surface area contributed by atoms with Gasteiger partial charge in [-0.2, -0.15) is 0 Å². The molecule has 0 aliphatic rings. The lowest BCUT2D eigenvalue weighted by molar-refractivity contribution is 0.0473. The highest BCUT2D eigenvalue weighted by Crippen LogP contribution is 2.22. The van der Waals surface area contributed by atoms with E-state index in [4.69, 9.17) is 21.5 Å². The van der Waals surface area contributed by atoms with Crippen LogP contribution in [0, 0.1) is 13.8 Å². The fraction of sp³-hybridized carbons (Fsp3) is 0.235. The van der Waals surface area contributed by atoms with Crippen LogP contribution in [-0.2, 0) is 14.8 Å². The Kier molecular flexibility index (Phi) is 5.88. The maximum absolute atomic E-state index is 12.3. The van der Waals surface area contributed by atoms with Crippen molar-refractivity contribution in [3.05, 3.63) is 51.3 Å². The van der Waals surface area contributed by atoms with Crippen LogP contribution in [0.5, 0.6) is 0 Å². The number of nitrogens with one attached hydrogen (secondary N) is 1. The molecule has 144 valence electrons. The quantitative estimate of drug-likeness (QED) is 0.551. The van der Waals surface area contributed by atoms with Crippen LogP contribution in [0.25, 0.3) is 0 Å². The minimum absolute atomic E-state index is 0.0504. The van der Waals surface area contributed by atoms with Gasteiger partial charge in [0.15, 0.2) is 12.4 Å². The van der Waals surface area contributed by atoms with Crippen LogP contribution >= 0.6 is 11.6 Å². The number of ether oxygens (including phenoxy) is 1. The minimum atomic E-state index is -4.04. The van der Waals surface area contributed by atoms with E-state index in [0.29, 0.717) is 16.8 Å². The Balaban J connectivity index is 2.20. The molecule has 2 aromatic rings. The van der Waals surface area contributed by atoms with E-state index >= 15 is 0 Å². The molecule has 1 aromatic carbocycles. The van der Waals surface area contributed by atoms with Crippen molar-refractivity contribution in [1.82, 2.24) is 4.98 Å². The number of carbonyl (C=O) groups excluding carboxylic acids is 3. The van der Waals surface area contributed by atoms with E-state index in [9.17, 15) is 22.8 Å². The van der Waals surface area contributed by atoms with Crippen molar-refractivity contribution in [2.45, 2.75) is 25.7 Å². The topological polar surface area (TPSA) is 136 Å². The molecule has 0 radical (unpaired) electrons. The van der Waals surface area contributed by atoms with E-state index in [-0.39, 0.29) is 27.0 Å². The van der Waals surface area contributed by atoms with Crippen molar-refractivity contribution < 1.29 is 27.5 Å². The Hall–Kier alpha value is -2.49. The Bertz CT molecular complexity index is 1060. The van der Waals surface area contributed by atoms with Crippen LogP contribution in [-0.4, -0.2) is 37.5 Å². The standard InChI is InChI=1S/C17H17ClN2O6S/c1-8-15(10(3)21)9(2)20-16(8)14(22)7-26-17(23)12-6-11(27(19,24)25)4-5-13(12)18/h4-6,20H,7H2,1-3H3,(H2,19,24,25). The van der Waals surface area contributed by atoms with Gasteiger partial charge >= 0.3 is 5.97 Å². The number of primary sulfonamides is 1. The lowest BCUT2D eigenvalue weighted by Gasteiger charge is -2.07. The lowest BCUT2D eigenvalue weighted by atomic mass is 10.1. The van der Waals surface area contributed by atoms with Gasteiger partial charge in [0, 0.05) is 11.3 Å². The number of sulfonamides is 1. The van der Waals surface area contributed by atoms with Crippen LogP contribution in [0.1, 0.15) is 49.4 Å². The summed E-state index contributed by atoms with van der Waals surface area (Å²) in [5.41, 5.74) is 1.34. The molecule has 0 fully saturated rings. The van der Waals surface area contributed by atoms with Crippen molar-refractivity contribution in [3.63, 3.8) is 0 Å². The summed E-state index contributed by atoms with van der Waals surface area (Å²) in [4.78, 5) is 38.7. The van der Waals surface area contributed by atoms with E-state index in [1.807, 2.05) is 0 Å². The molecule has 0 bridgehead atoms. The van der Waals surface area contributed by atoms with Gasteiger partial charge in [0.25, 0.3) is 0 Å². The van der Waals surface area contributed by atoms with Gasteiger partial charge in [-0.15, -0.1) is 0 Å². The molecule has 0 saturated heterocycles. The van der Waals surface area contributed by atoms with Gasteiger partial charge in [-0.25, -0.2) is 18.4 Å². The van der Waals surface area contributed by atoms with Crippen LogP contribution in [0.2, 0.25) is 5.02 Å². The Morgan fingerprint density at radius 3 is 2.37 bits per heavy atom. The predicted molar refractivity (Wildman–Crippen MR) is 97.7 cm³/mol. The van der Waals surface area contributed by atoms with Crippen molar-refractivity contribution in [2.24, 2.45) is 5.14 Å². The average Bonchev–Trinajstić information content (AvgIpc) is 2.86. The number of hydrogen-bond acceptors (Lipinski definition) is 6. The molecule has 10 heteroatoms. The van der Waals surface area contributed by atoms with Crippen molar-refractivity contribution in [3.8, 4) is 0 Å². The number of rotatable bonds is 6. The second kappa shape index (κ2) is 7.63. The molecule has 0 unspecified atom stereocenters. The van der Waals surface area contributed by atoms with Crippen LogP contribution in [0.15, 0.2) is 23.1 Å². The number of H-pyrrole nitrogens is 1. The van der Waals surface area contributed by atoms with Gasteiger partial charge < -0.3 is 9.72 Å². The molecule has 27 heavy (non-hydrogen) atoms. The summed E-state index contributed by atoms with van der Waals surface area (Å²) in [6.07, 6.45) is 0. The number of halogens is 1. The van der Waals surface area contributed by atoms with E-state index in [2.05, 4.69) is 4.98 Å². The molecule has 0 aliphatic heterocycles. The number of aromatic nitrogens is 1. The summed E-state index contributed by atoms with van der Waals surface area (Å²) < 4.78 is 27.7. The fourth-order valence-electron chi connectivity index (χ4n) is 2.68. The monoisotopic (exact) mass is 412 g/mol. The number of hydrogen-bond donors (Lipinski definition) is 2. The number of carbonyl (C=O) groups is 3. The first-order valence-electron chi connectivity index (χ1n) is 7.66. The molecule has 0 aliphatic carbocycles. The molecule has 0 saturated carbocycles. The second-order valence-electron chi connectivity index (χ2n) is 5.87. The summed E-state index contributed by atoms with van der Waals surface area (Å²) in [5.74, 6) is -1.72. The van der Waals surface area contributed by atoms with Crippen molar-refractivity contribution >= 4 is 39.2 Å². The van der Waals surface area contributed by atoms with Gasteiger partial charge in [-0.3, -0.25) is 9.59 Å². The number of aryl methyl sites for hydroxylation is 1. The van der Waals surface area contributed by atoms with E-state index in [0.717, 1.165) is 12.1 Å². The number of esters is 1. The smallest absolute Gasteiger partial charge is 0.340 e. The summed E-state index contributed by atoms with van der Waals surface area (Å²) in [5, 5.41) is 4.97. The van der Waals surface area contributed by atoms with Crippen LogP contribution < -0.4 is 5.14 Å². The van der Waals surface area contributed by atoms with E-state index < -0.39 is 28.4 Å². The molecule has 8 nitrogen and oxygen atoms in total. The highest BCUT2D eigenvalue weighted by atomic mass is 35.5. The third kappa shape index (κ3) is 4.44. The van der Waals surface area contributed by atoms with E-state index in [1.54, 1.807) is 13.8 Å². The molecular formula is C17H17ClN2O6S. The van der Waals surface area contributed by atoms with Gasteiger partial charge in [0.2, 0.25) is 15.8 Å². The Morgan fingerprint density at radius 2 is 1.85 bits per heavy atom. The van der Waals surface area contributed by atoms with Gasteiger partial charge in [0.1, 0.15) is 0 Å². The third-order valence-corrected chi connectivity index (χ3v) is 5.13. The number of ketones is 2. The molecular weight excluding hydrogens is 396 g/mol. The highest BCUT2D eigenvalue weighted by molar-refractivity contribution is 7.89. The molecule has 0 spiro atoms. The van der Waals surface area contributed by atoms with E-state index in [1.165, 1.54) is 13.0 Å². The molecule has 1 aromatic heterocycles. The molecule has 1 heterocycles. The molecule has 0 atom stereocenters. The minimum Gasteiger partial charge on any atom is -0.454 e. The van der Waals surface area contributed by atoms with Crippen LogP contribution in [0.4, 0.5) is 0 Å². The predicted octanol–water partition coefficient (Wildman–Crippen LogP) is 2.17. The number of nitrogens with two attached hydrogens (primary N) is 1. The largest absolute Gasteiger partial charge is 0.454 e. The summed E-state index contributed by atoms with van der Waals surface area (Å²) >= 11 is 5.89. The SMILES string of the molecule is CC(=O)c1c(C)[nH]c(C(=O)COC(=O)c2cc(S(N)(=O)=O)ccc2Cl)c1C. The first-order chi connectivity index (χ1) is 12.4. The molecule has 3 N–H and O–H groups in total. The van der Waals surface area contributed by atoms with Crippen molar-refractivity contribution in [1.29, 1.82) is 0 Å². The van der Waals surface area contributed by atoms with Crippen molar-refractivity contribution in [2.75, 3.05) is 6.61 Å². The molecule has 0 amide bonds. The summed E-state index contributed by atoms with van der Waals surface area (Å²) in [7, 11) is -4.04. The second-order valence-corrected chi connectivity index (χ2v) is 7.84. The fourth-order valence-corrected chi connectivity index (χ4v) is 3.41. The zero-order valence-corrected chi connectivity index (χ0v) is 16.3. The Labute approximate surface area is 160 Å². The lowest BCUT2D eigenvalue weighted by Crippen LogP contribution is -2.17. The average molecular weight is 413 g/mol. The first kappa shape index (κ1) is 20.8. The summed E-state index contributed by atoms with van der Waals surface area (Å²) in [6, 6.07) is 3.31. The maximum atomic E-state index is 12.3. The number of Topliss-reactive ketones (excluding diaryl/α,β-unsaturated/α-hetero) is 2. The maximum Gasteiger partial charge on any atom is 0.340 e. The Morgan fingerprint density at radius 1 is 1.22 bits per heavy atom. The van der Waals surface area contributed by atoms with Crippen LogP contribution in [0.3, 0.4) is 0 Å².